The van der Waals surface area contributed by atoms with E-state index in [2.05, 4.69) is 19.6 Å². The van der Waals surface area contributed by atoms with Gasteiger partial charge in [0.05, 0.1) is 12.5 Å². The van der Waals surface area contributed by atoms with E-state index in [1.54, 1.807) is 0 Å². The summed E-state index contributed by atoms with van der Waals surface area (Å²) in [6, 6.07) is 0.840. The number of carboxylic acid groups (broad SMARTS) is 1. The molecule has 4 nitrogen and oxygen atoms in total. The summed E-state index contributed by atoms with van der Waals surface area (Å²) in [5.74, 6) is -0.678. The molecule has 0 aromatic rings. The van der Waals surface area contributed by atoms with Crippen LogP contribution in [-0.2, 0) is 14.3 Å². The third-order valence-corrected chi connectivity index (χ3v) is 5.85. The van der Waals surface area contributed by atoms with E-state index in [0.29, 0.717) is 12.5 Å². The summed E-state index contributed by atoms with van der Waals surface area (Å²) in [5.41, 5.74) is 0.812. The number of esters is 1. The number of carbonyl (C=O) groups is 2. The fourth-order valence-corrected chi connectivity index (χ4v) is 4.82. The summed E-state index contributed by atoms with van der Waals surface area (Å²) < 4.78 is 5.17. The van der Waals surface area contributed by atoms with E-state index in [9.17, 15) is 14.7 Å². The van der Waals surface area contributed by atoms with Crippen molar-refractivity contribution in [1.82, 2.24) is 0 Å². The number of allylic oxidation sites excluding steroid dienone is 1. The number of aliphatic carboxylic acids is 1. The molecule has 0 heterocycles. The first kappa shape index (κ1) is 19.9. The monoisotopic (exact) mass is 340 g/mol. The summed E-state index contributed by atoms with van der Waals surface area (Å²) in [6.45, 7) is 8.97. The van der Waals surface area contributed by atoms with Crippen LogP contribution >= 0.6 is 0 Å². The molecule has 0 aromatic carbocycles. The molecule has 2 atom stereocenters. The van der Waals surface area contributed by atoms with Crippen LogP contribution in [0.15, 0.2) is 11.6 Å². The van der Waals surface area contributed by atoms with Gasteiger partial charge in [-0.25, -0.2) is 4.79 Å². The first-order valence-corrected chi connectivity index (χ1v) is 12.5. The van der Waals surface area contributed by atoms with Crippen LogP contribution in [0.4, 0.5) is 0 Å². The largest absolute Gasteiger partial charge is 0.481 e. The summed E-state index contributed by atoms with van der Waals surface area (Å²) in [7, 11) is -1.37. The molecule has 1 fully saturated rings. The standard InChI is InChI=1S/C18H32O4Si/c1-5-22-18(21)15(13-23(2,3)4)10-7-6-9-14-11-8-12-16(14)17(19)20/h10,14,16H,5-9,11-13H2,1-4H3,(H,19,20)/b15-10-/t14-,16-/m1/s1. The van der Waals surface area contributed by atoms with Gasteiger partial charge < -0.3 is 9.84 Å². The molecular weight excluding hydrogens is 308 g/mol. The molecule has 1 N–H and O–H groups in total. The smallest absolute Gasteiger partial charge is 0.333 e. The fourth-order valence-electron chi connectivity index (χ4n) is 3.39. The van der Waals surface area contributed by atoms with Gasteiger partial charge in [-0.3, -0.25) is 4.79 Å². The van der Waals surface area contributed by atoms with Gasteiger partial charge in [0.15, 0.2) is 0 Å². The van der Waals surface area contributed by atoms with Crippen molar-refractivity contribution < 1.29 is 19.4 Å². The number of hydrogen-bond donors (Lipinski definition) is 1. The highest BCUT2D eigenvalue weighted by molar-refractivity contribution is 6.77. The maximum absolute atomic E-state index is 12.1. The highest BCUT2D eigenvalue weighted by Crippen LogP contribution is 2.35. The Balaban J connectivity index is 2.53. The van der Waals surface area contributed by atoms with Crippen molar-refractivity contribution in [2.75, 3.05) is 6.61 Å². The van der Waals surface area contributed by atoms with Gasteiger partial charge in [-0.15, -0.1) is 0 Å². The number of unbranched alkanes of at least 4 members (excludes halogenated alkanes) is 1. The molecule has 1 rings (SSSR count). The normalized spacial score (nSPS) is 22.2. The minimum Gasteiger partial charge on any atom is -0.481 e. The molecule has 0 saturated heterocycles. The van der Waals surface area contributed by atoms with Crippen LogP contribution < -0.4 is 0 Å². The molecule has 0 aromatic heterocycles. The Kier molecular flexibility index (Phi) is 8.03. The maximum Gasteiger partial charge on any atom is 0.333 e. The Morgan fingerprint density at radius 2 is 1.96 bits per heavy atom. The van der Waals surface area contributed by atoms with E-state index in [4.69, 9.17) is 4.74 Å². The molecule has 0 amide bonds. The molecule has 0 radical (unpaired) electrons. The second-order valence-electron chi connectivity index (χ2n) is 7.75. The van der Waals surface area contributed by atoms with E-state index < -0.39 is 14.0 Å². The fraction of sp³-hybridized carbons (Fsp3) is 0.778. The lowest BCUT2D eigenvalue weighted by Gasteiger charge is -2.18. The number of hydrogen-bond acceptors (Lipinski definition) is 3. The van der Waals surface area contributed by atoms with Crippen LogP contribution in [0.1, 0.15) is 45.4 Å². The highest BCUT2D eigenvalue weighted by Gasteiger charge is 2.32. The molecular formula is C18H32O4Si. The van der Waals surface area contributed by atoms with Crippen molar-refractivity contribution in [2.24, 2.45) is 11.8 Å². The van der Waals surface area contributed by atoms with Crippen molar-refractivity contribution in [1.29, 1.82) is 0 Å². The van der Waals surface area contributed by atoms with Crippen LogP contribution in [0.5, 0.6) is 0 Å². The van der Waals surface area contributed by atoms with E-state index in [-0.39, 0.29) is 11.9 Å². The van der Waals surface area contributed by atoms with Gasteiger partial charge >= 0.3 is 11.9 Å². The Morgan fingerprint density at radius 3 is 2.52 bits per heavy atom. The molecule has 23 heavy (non-hydrogen) atoms. The molecule has 1 saturated carbocycles. The molecule has 0 unspecified atom stereocenters. The van der Waals surface area contributed by atoms with Gasteiger partial charge in [0.25, 0.3) is 0 Å². The van der Waals surface area contributed by atoms with Gasteiger partial charge in [-0.05, 0) is 51.0 Å². The summed E-state index contributed by atoms with van der Waals surface area (Å²) >= 11 is 0. The van der Waals surface area contributed by atoms with Crippen molar-refractivity contribution in [2.45, 2.75) is 71.1 Å². The molecule has 5 heteroatoms. The Labute approximate surface area is 141 Å². The molecule has 0 aliphatic heterocycles. The summed E-state index contributed by atoms with van der Waals surface area (Å²) in [4.78, 5) is 23.3. The lowest BCUT2D eigenvalue weighted by molar-refractivity contribution is -0.143. The van der Waals surface area contributed by atoms with Gasteiger partial charge in [0.1, 0.15) is 0 Å². The zero-order valence-electron chi connectivity index (χ0n) is 15.1. The topological polar surface area (TPSA) is 63.6 Å². The second kappa shape index (κ2) is 9.26. The van der Waals surface area contributed by atoms with Crippen molar-refractivity contribution >= 4 is 20.0 Å². The van der Waals surface area contributed by atoms with Crippen LogP contribution in [0, 0.1) is 11.8 Å². The zero-order chi connectivity index (χ0) is 17.5. The van der Waals surface area contributed by atoms with Crippen LogP contribution in [0.3, 0.4) is 0 Å². The van der Waals surface area contributed by atoms with E-state index >= 15 is 0 Å². The van der Waals surface area contributed by atoms with Gasteiger partial charge in [-0.1, -0.05) is 32.1 Å². The summed E-state index contributed by atoms with van der Waals surface area (Å²) in [6.07, 6.45) is 7.63. The zero-order valence-corrected chi connectivity index (χ0v) is 16.1. The Hall–Kier alpha value is -1.10. The summed E-state index contributed by atoms with van der Waals surface area (Å²) in [5, 5.41) is 9.22. The first-order chi connectivity index (χ1) is 10.7. The van der Waals surface area contributed by atoms with Gasteiger partial charge in [0.2, 0.25) is 0 Å². The highest BCUT2D eigenvalue weighted by atomic mass is 28.3. The van der Waals surface area contributed by atoms with E-state index in [1.807, 2.05) is 13.0 Å². The quantitative estimate of drug-likeness (QED) is 0.291. The number of carboxylic acids is 1. The average Bonchev–Trinajstić information content (AvgIpc) is 2.89. The van der Waals surface area contributed by atoms with Crippen molar-refractivity contribution in [3.05, 3.63) is 11.6 Å². The maximum atomic E-state index is 12.1. The van der Waals surface area contributed by atoms with Gasteiger partial charge in [-0.2, -0.15) is 0 Å². The lowest BCUT2D eigenvalue weighted by atomic mass is 9.91. The van der Waals surface area contributed by atoms with E-state index in [0.717, 1.165) is 50.1 Å². The van der Waals surface area contributed by atoms with Crippen LogP contribution in [0.25, 0.3) is 0 Å². The first-order valence-electron chi connectivity index (χ1n) is 8.83. The minimum atomic E-state index is -1.37. The lowest BCUT2D eigenvalue weighted by Crippen LogP contribution is -2.23. The Morgan fingerprint density at radius 1 is 1.26 bits per heavy atom. The predicted molar refractivity (Wildman–Crippen MR) is 95.2 cm³/mol. The van der Waals surface area contributed by atoms with Crippen LogP contribution in [0.2, 0.25) is 25.7 Å². The predicted octanol–water partition coefficient (Wildman–Crippen LogP) is 4.49. The SMILES string of the molecule is CCOC(=O)/C(=C\CCC[C@@H]1CCC[C@H]1C(=O)O)C[Si](C)(C)C. The molecule has 0 bridgehead atoms. The number of rotatable bonds is 9. The Bertz CT molecular complexity index is 437. The molecule has 132 valence electrons. The molecule has 1 aliphatic carbocycles. The third kappa shape index (κ3) is 7.33. The van der Waals surface area contributed by atoms with Crippen molar-refractivity contribution in [3.8, 4) is 0 Å². The number of carbonyl (C=O) groups excluding carboxylic acids is 1. The number of ether oxygens (including phenoxy) is 1. The molecule has 0 spiro atoms. The molecule has 1 aliphatic rings. The minimum absolute atomic E-state index is 0.162. The van der Waals surface area contributed by atoms with Gasteiger partial charge in [0, 0.05) is 13.6 Å². The van der Waals surface area contributed by atoms with Crippen molar-refractivity contribution in [3.63, 3.8) is 0 Å². The average molecular weight is 341 g/mol. The van der Waals surface area contributed by atoms with Crippen LogP contribution in [-0.4, -0.2) is 31.7 Å². The van der Waals surface area contributed by atoms with E-state index in [1.165, 1.54) is 0 Å². The third-order valence-electron chi connectivity index (χ3n) is 4.40. The second-order valence-corrected chi connectivity index (χ2v) is 13.2.